The van der Waals surface area contributed by atoms with Crippen LogP contribution in [0.1, 0.15) is 17.5 Å². The molecule has 1 amide bonds. The van der Waals surface area contributed by atoms with Crippen LogP contribution in [0.3, 0.4) is 0 Å². The quantitative estimate of drug-likeness (QED) is 0.642. The average molecular weight is 473 g/mol. The molecule has 2 aromatic rings. The van der Waals surface area contributed by atoms with Gasteiger partial charge in [-0.1, -0.05) is 42.5 Å². The van der Waals surface area contributed by atoms with Crippen LogP contribution in [-0.4, -0.2) is 63.2 Å². The van der Waals surface area contributed by atoms with Gasteiger partial charge >= 0.3 is 0 Å². The summed E-state index contributed by atoms with van der Waals surface area (Å²) in [4.78, 5) is 18.3. The van der Waals surface area contributed by atoms with Gasteiger partial charge in [-0.15, -0.1) is 11.8 Å². The topological polar surface area (TPSA) is 66.9 Å². The molecule has 1 atom stereocenters. The molecule has 1 saturated heterocycles. The molecule has 0 bridgehead atoms. The van der Waals surface area contributed by atoms with E-state index in [4.69, 9.17) is 4.74 Å². The fourth-order valence-electron chi connectivity index (χ4n) is 4.00. The van der Waals surface area contributed by atoms with Crippen molar-refractivity contribution in [1.82, 2.24) is 4.90 Å². The first kappa shape index (κ1) is 22.7. The van der Waals surface area contributed by atoms with Gasteiger partial charge < -0.3 is 14.5 Å². The molecule has 2 aromatic carbocycles. The number of sulfone groups is 1. The van der Waals surface area contributed by atoms with Crippen molar-refractivity contribution in [3.63, 3.8) is 0 Å². The third-order valence-corrected chi connectivity index (χ3v) is 8.56. The van der Waals surface area contributed by atoms with Gasteiger partial charge in [0.1, 0.15) is 0 Å². The number of rotatable bonds is 6. The predicted molar refractivity (Wildman–Crippen MR) is 130 cm³/mol. The first-order chi connectivity index (χ1) is 15.3. The lowest BCUT2D eigenvalue weighted by Crippen LogP contribution is -2.42. The summed E-state index contributed by atoms with van der Waals surface area (Å²) in [7, 11) is 0.809. The van der Waals surface area contributed by atoms with Crippen LogP contribution in [0.15, 0.2) is 60.4 Å². The molecule has 0 radical (unpaired) electrons. The third-order valence-electron chi connectivity index (χ3n) is 5.73. The first-order valence-electron chi connectivity index (χ1n) is 10.7. The summed E-state index contributed by atoms with van der Waals surface area (Å²) in [5, 5.41) is 0. The molecule has 2 heterocycles. The minimum atomic E-state index is -3.14. The van der Waals surface area contributed by atoms with E-state index in [1.54, 1.807) is 16.7 Å². The number of hydrogen-bond acceptors (Lipinski definition) is 6. The van der Waals surface area contributed by atoms with Crippen molar-refractivity contribution in [3.8, 4) is 0 Å². The molecule has 0 aromatic heterocycles. The van der Waals surface area contributed by atoms with Gasteiger partial charge in [0.2, 0.25) is 0 Å². The fourth-order valence-corrected chi connectivity index (χ4v) is 6.68. The van der Waals surface area contributed by atoms with Gasteiger partial charge in [0.15, 0.2) is 15.6 Å². The number of ether oxygens (including phenoxy) is 1. The van der Waals surface area contributed by atoms with Crippen molar-refractivity contribution >= 4 is 38.1 Å². The standard InChI is InChI=1S/C24H28N2O4S2/c1-25(2)20-10-8-18(9-11-20)16-26(21-12-15-32(28,29)17-21)24(27)22-23(31-14-13-30-22)19-6-4-3-5-7-19/h3-11,21H,12-17H2,1-2H3/t21-/m0/s1. The Hall–Kier alpha value is -2.45. The van der Waals surface area contributed by atoms with E-state index in [-0.39, 0.29) is 23.5 Å². The predicted octanol–water partition coefficient (Wildman–Crippen LogP) is 3.40. The van der Waals surface area contributed by atoms with Gasteiger partial charge in [-0.25, -0.2) is 8.42 Å². The summed E-state index contributed by atoms with van der Waals surface area (Å²) >= 11 is 1.61. The molecule has 2 aliphatic rings. The fraction of sp³-hybridized carbons (Fsp3) is 0.375. The summed E-state index contributed by atoms with van der Waals surface area (Å²) in [6.07, 6.45) is 0.449. The number of amides is 1. The van der Waals surface area contributed by atoms with Crippen LogP contribution in [-0.2, 0) is 25.9 Å². The number of hydrogen-bond donors (Lipinski definition) is 0. The molecule has 0 spiro atoms. The van der Waals surface area contributed by atoms with Crippen molar-refractivity contribution in [1.29, 1.82) is 0 Å². The van der Waals surface area contributed by atoms with Gasteiger partial charge in [-0.3, -0.25) is 4.79 Å². The Labute approximate surface area is 194 Å². The number of anilines is 1. The van der Waals surface area contributed by atoms with Gasteiger partial charge in [-0.05, 0) is 29.7 Å². The SMILES string of the molecule is CN(C)c1ccc(CN(C(=O)C2=C(c3ccccc3)SCCO2)[C@H]2CCS(=O)(=O)C2)cc1. The van der Waals surface area contributed by atoms with E-state index in [9.17, 15) is 13.2 Å². The molecule has 170 valence electrons. The Morgan fingerprint density at radius 3 is 2.44 bits per heavy atom. The maximum atomic E-state index is 13.8. The maximum Gasteiger partial charge on any atom is 0.290 e. The van der Waals surface area contributed by atoms with Crippen LogP contribution in [0.2, 0.25) is 0 Å². The molecule has 2 aliphatic heterocycles. The Kier molecular flexibility index (Phi) is 6.81. The van der Waals surface area contributed by atoms with E-state index in [0.29, 0.717) is 25.3 Å². The Bertz CT molecular complexity index is 1100. The molecular weight excluding hydrogens is 444 g/mol. The lowest BCUT2D eigenvalue weighted by molar-refractivity contribution is -0.133. The minimum absolute atomic E-state index is 0.00435. The van der Waals surface area contributed by atoms with E-state index >= 15 is 0 Å². The monoisotopic (exact) mass is 472 g/mol. The average Bonchev–Trinajstić information content (AvgIpc) is 3.17. The van der Waals surface area contributed by atoms with E-state index in [0.717, 1.165) is 27.5 Å². The molecule has 6 nitrogen and oxygen atoms in total. The largest absolute Gasteiger partial charge is 0.486 e. The van der Waals surface area contributed by atoms with Crippen molar-refractivity contribution in [2.24, 2.45) is 0 Å². The van der Waals surface area contributed by atoms with Crippen LogP contribution in [0.5, 0.6) is 0 Å². The van der Waals surface area contributed by atoms with E-state index in [1.807, 2.05) is 73.6 Å². The van der Waals surface area contributed by atoms with Crippen LogP contribution < -0.4 is 4.90 Å². The molecule has 4 rings (SSSR count). The highest BCUT2D eigenvalue weighted by atomic mass is 32.2. The number of benzene rings is 2. The normalized spacial score (nSPS) is 20.0. The van der Waals surface area contributed by atoms with Crippen LogP contribution in [0.4, 0.5) is 5.69 Å². The molecule has 0 unspecified atom stereocenters. The lowest BCUT2D eigenvalue weighted by atomic mass is 10.1. The van der Waals surface area contributed by atoms with Crippen molar-refractivity contribution in [2.75, 3.05) is 42.9 Å². The molecule has 0 N–H and O–H groups in total. The highest BCUT2D eigenvalue weighted by Crippen LogP contribution is 2.36. The first-order valence-corrected chi connectivity index (χ1v) is 13.5. The molecular formula is C24H28N2O4S2. The molecule has 1 fully saturated rings. The van der Waals surface area contributed by atoms with Crippen molar-refractivity contribution < 1.29 is 17.9 Å². The number of carbonyl (C=O) groups is 1. The van der Waals surface area contributed by atoms with Crippen LogP contribution >= 0.6 is 11.8 Å². The Balaban J connectivity index is 1.68. The number of thioether (sulfide) groups is 1. The van der Waals surface area contributed by atoms with Gasteiger partial charge in [0, 0.05) is 38.1 Å². The van der Waals surface area contributed by atoms with E-state index < -0.39 is 9.84 Å². The second-order valence-corrected chi connectivity index (χ2v) is 11.6. The maximum absolute atomic E-state index is 13.8. The van der Waals surface area contributed by atoms with Crippen LogP contribution in [0.25, 0.3) is 4.91 Å². The molecule has 0 aliphatic carbocycles. The summed E-state index contributed by atoms with van der Waals surface area (Å²) in [6.45, 7) is 0.794. The molecule has 32 heavy (non-hydrogen) atoms. The Morgan fingerprint density at radius 2 is 1.81 bits per heavy atom. The summed E-state index contributed by atoms with van der Waals surface area (Å²) in [5.41, 5.74) is 2.96. The summed E-state index contributed by atoms with van der Waals surface area (Å²) < 4.78 is 30.3. The van der Waals surface area contributed by atoms with Crippen molar-refractivity contribution in [3.05, 3.63) is 71.5 Å². The summed E-state index contributed by atoms with van der Waals surface area (Å²) in [5.74, 6) is 0.957. The second kappa shape index (κ2) is 9.58. The second-order valence-electron chi connectivity index (χ2n) is 8.27. The molecule has 8 heteroatoms. The van der Waals surface area contributed by atoms with Gasteiger partial charge in [-0.2, -0.15) is 0 Å². The summed E-state index contributed by atoms with van der Waals surface area (Å²) in [6, 6.07) is 17.4. The Morgan fingerprint density at radius 1 is 1.09 bits per heavy atom. The van der Waals surface area contributed by atoms with Gasteiger partial charge in [0.05, 0.1) is 23.0 Å². The van der Waals surface area contributed by atoms with E-state index in [1.165, 1.54) is 0 Å². The third kappa shape index (κ3) is 5.13. The zero-order valence-corrected chi connectivity index (χ0v) is 20.0. The zero-order chi connectivity index (χ0) is 22.7. The highest BCUT2D eigenvalue weighted by molar-refractivity contribution is 8.08. The van der Waals surface area contributed by atoms with Crippen molar-refractivity contribution in [2.45, 2.75) is 19.0 Å². The lowest BCUT2D eigenvalue weighted by Gasteiger charge is -2.31. The van der Waals surface area contributed by atoms with E-state index in [2.05, 4.69) is 0 Å². The van der Waals surface area contributed by atoms with Gasteiger partial charge in [0.25, 0.3) is 5.91 Å². The smallest absolute Gasteiger partial charge is 0.290 e. The molecule has 0 saturated carbocycles. The minimum Gasteiger partial charge on any atom is -0.486 e. The number of carbonyl (C=O) groups excluding carboxylic acids is 1. The zero-order valence-electron chi connectivity index (χ0n) is 18.4. The number of nitrogens with zero attached hydrogens (tertiary/aromatic N) is 2. The van der Waals surface area contributed by atoms with Crippen LogP contribution in [0, 0.1) is 0 Å². The highest BCUT2D eigenvalue weighted by Gasteiger charge is 2.37.